The highest BCUT2D eigenvalue weighted by Gasteiger charge is 2.44. The van der Waals surface area contributed by atoms with Gasteiger partial charge < -0.3 is 5.32 Å². The molecule has 1 aromatic carbocycles. The fraction of sp³-hybridized carbons (Fsp3) is 0.364. The largest absolute Gasteiger partial charge is 0.355 e. The van der Waals surface area contributed by atoms with Crippen molar-refractivity contribution in [1.29, 1.82) is 5.26 Å². The maximum atomic E-state index is 12.5. The second-order valence-corrected chi connectivity index (χ2v) is 8.17. The molecule has 0 unspecified atom stereocenters. The van der Waals surface area contributed by atoms with Crippen molar-refractivity contribution in [3.05, 3.63) is 63.6 Å². The number of nitrogens with one attached hydrogen (secondary N) is 1. The summed E-state index contributed by atoms with van der Waals surface area (Å²) in [5, 5.41) is 17.3. The molecule has 0 aliphatic heterocycles. The van der Waals surface area contributed by atoms with E-state index in [1.165, 1.54) is 11.8 Å². The van der Waals surface area contributed by atoms with Crippen molar-refractivity contribution >= 4 is 23.2 Å². The van der Waals surface area contributed by atoms with Crippen molar-refractivity contribution in [1.82, 2.24) is 19.9 Å². The van der Waals surface area contributed by atoms with Gasteiger partial charge in [-0.3, -0.25) is 4.79 Å². The standard InChI is InChI=1S/C22H22ClN5O/c1-14-19(15(2)28-21(27-14)16(11-24)12-26-28)7-8-20(29)25-13-22(9-10-22)17-3-5-18(23)6-4-17/h3-6,12H,7-10,13H2,1-2H3,(H,25,29). The Labute approximate surface area is 174 Å². The SMILES string of the molecule is Cc1nc2c(C#N)cnn2c(C)c1CCC(=O)NCC1(c2ccc(Cl)cc2)CC1. The van der Waals surface area contributed by atoms with Crippen molar-refractivity contribution in [3.8, 4) is 6.07 Å². The molecule has 2 heterocycles. The number of amides is 1. The minimum absolute atomic E-state index is 0.0299. The summed E-state index contributed by atoms with van der Waals surface area (Å²) in [6.07, 6.45) is 4.65. The van der Waals surface area contributed by atoms with E-state index >= 15 is 0 Å². The van der Waals surface area contributed by atoms with E-state index in [9.17, 15) is 10.1 Å². The summed E-state index contributed by atoms with van der Waals surface area (Å²) in [5.74, 6) is 0.0299. The molecular weight excluding hydrogens is 386 g/mol. The highest BCUT2D eigenvalue weighted by molar-refractivity contribution is 6.30. The molecule has 0 spiro atoms. The van der Waals surface area contributed by atoms with Crippen molar-refractivity contribution in [3.63, 3.8) is 0 Å². The number of fused-ring (bicyclic) bond motifs is 1. The third kappa shape index (κ3) is 3.70. The average Bonchev–Trinajstić information content (AvgIpc) is 3.39. The maximum Gasteiger partial charge on any atom is 0.220 e. The first-order valence-corrected chi connectivity index (χ1v) is 10.1. The number of carbonyl (C=O) groups excluding carboxylic acids is 1. The molecular formula is C22H22ClN5O. The molecule has 0 bridgehead atoms. The number of nitrogens with zero attached hydrogens (tertiary/aromatic N) is 4. The number of nitriles is 1. The second-order valence-electron chi connectivity index (χ2n) is 7.73. The molecule has 1 fully saturated rings. The van der Waals surface area contributed by atoms with Gasteiger partial charge in [-0.1, -0.05) is 23.7 Å². The minimum Gasteiger partial charge on any atom is -0.355 e. The van der Waals surface area contributed by atoms with Gasteiger partial charge in [-0.2, -0.15) is 10.4 Å². The zero-order valence-electron chi connectivity index (χ0n) is 16.5. The average molecular weight is 408 g/mol. The van der Waals surface area contributed by atoms with E-state index in [1.54, 1.807) is 4.52 Å². The molecule has 29 heavy (non-hydrogen) atoms. The Kier molecular flexibility index (Phi) is 5.01. The maximum absolute atomic E-state index is 12.5. The van der Waals surface area contributed by atoms with Gasteiger partial charge in [-0.25, -0.2) is 9.50 Å². The number of hydrogen-bond donors (Lipinski definition) is 1. The van der Waals surface area contributed by atoms with Crippen molar-refractivity contribution < 1.29 is 4.79 Å². The van der Waals surface area contributed by atoms with Crippen LogP contribution in [0.25, 0.3) is 5.65 Å². The molecule has 0 atom stereocenters. The minimum atomic E-state index is 0.0299. The van der Waals surface area contributed by atoms with Crippen LogP contribution in [0.2, 0.25) is 5.02 Å². The molecule has 1 aliphatic carbocycles. The normalized spacial score (nSPS) is 14.6. The Morgan fingerprint density at radius 1 is 1.31 bits per heavy atom. The molecule has 2 aromatic heterocycles. The Hall–Kier alpha value is -2.91. The van der Waals surface area contributed by atoms with Crippen LogP contribution in [0.5, 0.6) is 0 Å². The smallest absolute Gasteiger partial charge is 0.220 e. The summed E-state index contributed by atoms with van der Waals surface area (Å²) < 4.78 is 1.68. The lowest BCUT2D eigenvalue weighted by molar-refractivity contribution is -0.121. The van der Waals surface area contributed by atoms with Crippen LogP contribution in [-0.4, -0.2) is 27.0 Å². The molecule has 3 aromatic rings. The Balaban J connectivity index is 1.40. The van der Waals surface area contributed by atoms with Gasteiger partial charge in [-0.15, -0.1) is 0 Å². The van der Waals surface area contributed by atoms with E-state index in [0.29, 0.717) is 30.6 Å². The summed E-state index contributed by atoms with van der Waals surface area (Å²) in [6, 6.07) is 10.0. The number of carbonyl (C=O) groups is 1. The topological polar surface area (TPSA) is 83.1 Å². The zero-order chi connectivity index (χ0) is 20.6. The predicted molar refractivity (Wildman–Crippen MR) is 111 cm³/mol. The van der Waals surface area contributed by atoms with E-state index < -0.39 is 0 Å². The molecule has 1 N–H and O–H groups in total. The third-order valence-corrected chi connectivity index (χ3v) is 6.12. The van der Waals surface area contributed by atoms with Crippen molar-refractivity contribution in [2.45, 2.75) is 44.9 Å². The number of benzene rings is 1. The molecule has 1 aliphatic rings. The van der Waals surface area contributed by atoms with Gasteiger partial charge in [0.15, 0.2) is 5.65 Å². The van der Waals surface area contributed by atoms with Crippen LogP contribution < -0.4 is 5.32 Å². The number of aromatic nitrogens is 3. The van der Waals surface area contributed by atoms with Crippen LogP contribution in [0.1, 0.15) is 47.3 Å². The summed E-state index contributed by atoms with van der Waals surface area (Å²) in [6.45, 7) is 4.50. The van der Waals surface area contributed by atoms with E-state index in [2.05, 4.69) is 33.6 Å². The first-order chi connectivity index (χ1) is 13.9. The van der Waals surface area contributed by atoms with E-state index in [1.807, 2.05) is 26.0 Å². The molecule has 0 radical (unpaired) electrons. The number of rotatable bonds is 6. The van der Waals surface area contributed by atoms with Crippen LogP contribution in [0.3, 0.4) is 0 Å². The summed E-state index contributed by atoms with van der Waals surface area (Å²) >= 11 is 5.98. The fourth-order valence-electron chi connectivity index (χ4n) is 3.87. The highest BCUT2D eigenvalue weighted by atomic mass is 35.5. The van der Waals surface area contributed by atoms with Gasteiger partial charge in [0.25, 0.3) is 0 Å². The van der Waals surface area contributed by atoms with Gasteiger partial charge in [0.2, 0.25) is 5.91 Å². The van der Waals surface area contributed by atoms with Gasteiger partial charge in [0, 0.05) is 34.8 Å². The quantitative estimate of drug-likeness (QED) is 0.676. The molecule has 7 heteroatoms. The lowest BCUT2D eigenvalue weighted by Crippen LogP contribution is -2.32. The lowest BCUT2D eigenvalue weighted by atomic mass is 9.96. The number of hydrogen-bond acceptors (Lipinski definition) is 4. The van der Waals surface area contributed by atoms with Crippen LogP contribution >= 0.6 is 11.6 Å². The first kappa shape index (κ1) is 19.4. The molecule has 1 amide bonds. The molecule has 4 rings (SSSR count). The number of halogens is 1. The van der Waals surface area contributed by atoms with Crippen molar-refractivity contribution in [2.24, 2.45) is 0 Å². The predicted octanol–water partition coefficient (Wildman–Crippen LogP) is 3.65. The first-order valence-electron chi connectivity index (χ1n) is 9.70. The van der Waals surface area contributed by atoms with Crippen LogP contribution in [-0.2, 0) is 16.6 Å². The Bertz CT molecular complexity index is 1120. The molecule has 6 nitrogen and oxygen atoms in total. The summed E-state index contributed by atoms with van der Waals surface area (Å²) in [5.41, 5.74) is 5.05. The number of aryl methyl sites for hydroxylation is 2. The Morgan fingerprint density at radius 2 is 2.03 bits per heavy atom. The fourth-order valence-corrected chi connectivity index (χ4v) is 3.99. The monoisotopic (exact) mass is 407 g/mol. The highest BCUT2D eigenvalue weighted by Crippen LogP contribution is 2.47. The van der Waals surface area contributed by atoms with E-state index in [-0.39, 0.29) is 11.3 Å². The second kappa shape index (κ2) is 7.49. The van der Waals surface area contributed by atoms with Crippen molar-refractivity contribution in [2.75, 3.05) is 6.54 Å². The van der Waals surface area contributed by atoms with E-state index in [0.717, 1.165) is 34.8 Å². The van der Waals surface area contributed by atoms with Crippen LogP contribution in [0, 0.1) is 25.2 Å². The summed E-state index contributed by atoms with van der Waals surface area (Å²) in [7, 11) is 0. The van der Waals surface area contributed by atoms with Crippen LogP contribution in [0.15, 0.2) is 30.5 Å². The third-order valence-electron chi connectivity index (χ3n) is 5.87. The summed E-state index contributed by atoms with van der Waals surface area (Å²) in [4.78, 5) is 17.0. The molecule has 0 saturated heterocycles. The lowest BCUT2D eigenvalue weighted by Gasteiger charge is -2.17. The van der Waals surface area contributed by atoms with Crippen LogP contribution in [0.4, 0.5) is 0 Å². The molecule has 1 saturated carbocycles. The van der Waals surface area contributed by atoms with Gasteiger partial charge in [0.1, 0.15) is 11.6 Å². The Morgan fingerprint density at radius 3 is 2.69 bits per heavy atom. The molecule has 148 valence electrons. The van der Waals surface area contributed by atoms with Gasteiger partial charge in [-0.05, 0) is 56.4 Å². The zero-order valence-corrected chi connectivity index (χ0v) is 17.3. The van der Waals surface area contributed by atoms with E-state index in [4.69, 9.17) is 11.6 Å². The van der Waals surface area contributed by atoms with Gasteiger partial charge in [0.05, 0.1) is 6.20 Å². The van der Waals surface area contributed by atoms with Gasteiger partial charge >= 0.3 is 0 Å².